The molecule has 0 unspecified atom stereocenters. The largest absolute Gasteiger partial charge is 0.441 e. The van der Waals surface area contributed by atoms with E-state index >= 15 is 0 Å². The fraction of sp³-hybridized carbons (Fsp3) is 0.238. The van der Waals surface area contributed by atoms with Gasteiger partial charge in [0.2, 0.25) is 5.89 Å². The van der Waals surface area contributed by atoms with Gasteiger partial charge in [0.05, 0.1) is 6.54 Å². The molecule has 0 radical (unpaired) electrons. The second kappa shape index (κ2) is 7.79. The molecule has 0 aliphatic rings. The molecule has 0 fully saturated rings. The van der Waals surface area contributed by atoms with Gasteiger partial charge in [-0.1, -0.05) is 25.1 Å². The Kier molecular flexibility index (Phi) is 5.29. The van der Waals surface area contributed by atoms with E-state index in [0.717, 1.165) is 34.7 Å². The smallest absolute Gasteiger partial charge is 0.226 e. The Morgan fingerprint density at radius 3 is 2.48 bits per heavy atom. The normalized spacial score (nSPS) is 10.6. The molecule has 0 aliphatic heterocycles. The Labute approximate surface area is 147 Å². The molecule has 3 aromatic rings. The van der Waals surface area contributed by atoms with Gasteiger partial charge in [-0.15, -0.1) is 0 Å². The quantitative estimate of drug-likeness (QED) is 0.600. The Bertz CT molecular complexity index is 836. The van der Waals surface area contributed by atoms with Crippen molar-refractivity contribution in [2.24, 2.45) is 0 Å². The van der Waals surface area contributed by atoms with E-state index in [9.17, 15) is 4.79 Å². The SMILES string of the molecule is CCCC(=O)c1ccc(NCc2nc(-c3ccccc3)oc2C)cc1. The van der Waals surface area contributed by atoms with Crippen LogP contribution >= 0.6 is 0 Å². The number of Topliss-reactive ketones (excluding diaryl/α,β-unsaturated/α-hetero) is 1. The van der Waals surface area contributed by atoms with Crippen LogP contribution in [0.15, 0.2) is 59.0 Å². The van der Waals surface area contributed by atoms with Crippen LogP contribution < -0.4 is 5.32 Å². The molecule has 2 aromatic carbocycles. The number of nitrogens with zero attached hydrogens (tertiary/aromatic N) is 1. The molecule has 3 rings (SSSR count). The molecule has 0 aliphatic carbocycles. The Morgan fingerprint density at radius 2 is 1.80 bits per heavy atom. The van der Waals surface area contributed by atoms with Crippen molar-refractivity contribution < 1.29 is 9.21 Å². The van der Waals surface area contributed by atoms with Gasteiger partial charge in [0.15, 0.2) is 5.78 Å². The van der Waals surface area contributed by atoms with E-state index in [1.54, 1.807) is 0 Å². The third kappa shape index (κ3) is 4.15. The molecule has 1 heterocycles. The van der Waals surface area contributed by atoms with Crippen molar-refractivity contribution in [3.8, 4) is 11.5 Å². The summed E-state index contributed by atoms with van der Waals surface area (Å²) in [4.78, 5) is 16.5. The van der Waals surface area contributed by atoms with Crippen LogP contribution in [-0.4, -0.2) is 10.8 Å². The lowest BCUT2D eigenvalue weighted by Gasteiger charge is -2.06. The van der Waals surface area contributed by atoms with Crippen LogP contribution in [0.3, 0.4) is 0 Å². The molecular weight excluding hydrogens is 312 g/mol. The molecule has 0 amide bonds. The van der Waals surface area contributed by atoms with Gasteiger partial charge in [-0.05, 0) is 49.7 Å². The first-order chi connectivity index (χ1) is 12.2. The zero-order valence-electron chi connectivity index (χ0n) is 14.6. The fourth-order valence-electron chi connectivity index (χ4n) is 2.63. The van der Waals surface area contributed by atoms with Crippen LogP contribution in [0.25, 0.3) is 11.5 Å². The number of nitrogens with one attached hydrogen (secondary N) is 1. The molecule has 0 saturated heterocycles. The average Bonchev–Trinajstić information content (AvgIpc) is 3.02. The molecule has 25 heavy (non-hydrogen) atoms. The monoisotopic (exact) mass is 334 g/mol. The van der Waals surface area contributed by atoms with Gasteiger partial charge in [0.1, 0.15) is 11.5 Å². The summed E-state index contributed by atoms with van der Waals surface area (Å²) in [6, 6.07) is 17.5. The van der Waals surface area contributed by atoms with Gasteiger partial charge in [-0.2, -0.15) is 0 Å². The third-order valence-electron chi connectivity index (χ3n) is 4.06. The number of carbonyl (C=O) groups excluding carboxylic acids is 1. The van der Waals surface area contributed by atoms with E-state index in [-0.39, 0.29) is 5.78 Å². The maximum Gasteiger partial charge on any atom is 0.226 e. The summed E-state index contributed by atoms with van der Waals surface area (Å²) < 4.78 is 5.77. The summed E-state index contributed by atoms with van der Waals surface area (Å²) in [5, 5.41) is 3.33. The number of carbonyl (C=O) groups is 1. The highest BCUT2D eigenvalue weighted by Gasteiger charge is 2.11. The lowest BCUT2D eigenvalue weighted by atomic mass is 10.1. The number of oxazole rings is 1. The minimum Gasteiger partial charge on any atom is -0.441 e. The maximum absolute atomic E-state index is 11.9. The molecule has 1 aromatic heterocycles. The number of hydrogen-bond acceptors (Lipinski definition) is 4. The van der Waals surface area contributed by atoms with Crippen molar-refractivity contribution in [3.63, 3.8) is 0 Å². The number of aryl methyl sites for hydroxylation is 1. The van der Waals surface area contributed by atoms with Crippen LogP contribution in [0.1, 0.15) is 41.6 Å². The molecule has 0 spiro atoms. The van der Waals surface area contributed by atoms with Crippen molar-refractivity contribution in [1.82, 2.24) is 4.98 Å². The van der Waals surface area contributed by atoms with Gasteiger partial charge >= 0.3 is 0 Å². The summed E-state index contributed by atoms with van der Waals surface area (Å²) in [5.41, 5.74) is 3.56. The van der Waals surface area contributed by atoms with E-state index in [2.05, 4.69) is 10.3 Å². The Balaban J connectivity index is 1.66. The zero-order valence-corrected chi connectivity index (χ0v) is 14.6. The summed E-state index contributed by atoms with van der Waals surface area (Å²) >= 11 is 0. The highest BCUT2D eigenvalue weighted by atomic mass is 16.4. The predicted octanol–water partition coefficient (Wildman–Crippen LogP) is 5.24. The van der Waals surface area contributed by atoms with Crippen molar-refractivity contribution in [1.29, 1.82) is 0 Å². The van der Waals surface area contributed by atoms with Crippen molar-refractivity contribution in [2.45, 2.75) is 33.2 Å². The number of ketones is 1. The van der Waals surface area contributed by atoms with Gasteiger partial charge < -0.3 is 9.73 Å². The number of aromatic nitrogens is 1. The first-order valence-electron chi connectivity index (χ1n) is 8.56. The summed E-state index contributed by atoms with van der Waals surface area (Å²) in [6.07, 6.45) is 1.46. The van der Waals surface area contributed by atoms with Crippen LogP contribution in [0.2, 0.25) is 0 Å². The van der Waals surface area contributed by atoms with Crippen molar-refractivity contribution in [2.75, 3.05) is 5.32 Å². The highest BCUT2D eigenvalue weighted by molar-refractivity contribution is 5.96. The molecular formula is C21H22N2O2. The lowest BCUT2D eigenvalue weighted by molar-refractivity contribution is 0.0982. The van der Waals surface area contributed by atoms with E-state index in [4.69, 9.17) is 4.42 Å². The van der Waals surface area contributed by atoms with Crippen LogP contribution in [0, 0.1) is 6.92 Å². The Morgan fingerprint density at radius 1 is 1.08 bits per heavy atom. The van der Waals surface area contributed by atoms with Crippen LogP contribution in [-0.2, 0) is 6.54 Å². The molecule has 0 atom stereocenters. The van der Waals surface area contributed by atoms with Gasteiger partial charge in [0.25, 0.3) is 0 Å². The van der Waals surface area contributed by atoms with Gasteiger partial charge in [-0.3, -0.25) is 4.79 Å². The summed E-state index contributed by atoms with van der Waals surface area (Å²) in [7, 11) is 0. The highest BCUT2D eigenvalue weighted by Crippen LogP contribution is 2.22. The lowest BCUT2D eigenvalue weighted by Crippen LogP contribution is -2.02. The second-order valence-electron chi connectivity index (χ2n) is 5.99. The first kappa shape index (κ1) is 17.0. The van der Waals surface area contributed by atoms with Gasteiger partial charge in [-0.25, -0.2) is 4.98 Å². The van der Waals surface area contributed by atoms with E-state index < -0.39 is 0 Å². The van der Waals surface area contributed by atoms with Crippen LogP contribution in [0.5, 0.6) is 0 Å². The number of anilines is 1. The Hall–Kier alpha value is -2.88. The molecule has 4 nitrogen and oxygen atoms in total. The number of hydrogen-bond donors (Lipinski definition) is 1. The topological polar surface area (TPSA) is 55.1 Å². The van der Waals surface area contributed by atoms with Gasteiger partial charge in [0, 0.05) is 23.2 Å². The third-order valence-corrected chi connectivity index (χ3v) is 4.06. The van der Waals surface area contributed by atoms with Crippen molar-refractivity contribution in [3.05, 3.63) is 71.6 Å². The number of rotatable bonds is 7. The minimum absolute atomic E-state index is 0.189. The van der Waals surface area contributed by atoms with E-state index in [1.165, 1.54) is 0 Å². The molecule has 0 saturated carbocycles. The average molecular weight is 334 g/mol. The maximum atomic E-state index is 11.9. The molecule has 1 N–H and O–H groups in total. The second-order valence-corrected chi connectivity index (χ2v) is 5.99. The van der Waals surface area contributed by atoms with E-state index in [1.807, 2.05) is 68.4 Å². The minimum atomic E-state index is 0.189. The first-order valence-corrected chi connectivity index (χ1v) is 8.56. The number of benzene rings is 2. The predicted molar refractivity (Wildman–Crippen MR) is 99.7 cm³/mol. The van der Waals surface area contributed by atoms with Crippen LogP contribution in [0.4, 0.5) is 5.69 Å². The molecule has 0 bridgehead atoms. The van der Waals surface area contributed by atoms with Crippen molar-refractivity contribution >= 4 is 11.5 Å². The summed E-state index contributed by atoms with van der Waals surface area (Å²) in [6.45, 7) is 4.51. The summed E-state index contributed by atoms with van der Waals surface area (Å²) in [5.74, 6) is 1.63. The van der Waals surface area contributed by atoms with E-state index in [0.29, 0.717) is 18.9 Å². The molecule has 128 valence electrons. The zero-order chi connectivity index (χ0) is 17.6. The molecule has 4 heteroatoms. The standard InChI is InChI=1S/C21H22N2O2/c1-3-7-20(24)16-10-12-18(13-11-16)22-14-19-15(2)25-21(23-19)17-8-5-4-6-9-17/h4-6,8-13,22H,3,7,14H2,1-2H3. The fourth-order valence-corrected chi connectivity index (χ4v) is 2.63.